The van der Waals surface area contributed by atoms with Crippen LogP contribution in [0.15, 0.2) is 48.8 Å². The highest BCUT2D eigenvalue weighted by Crippen LogP contribution is 2.38. The molecular formula is C20H16N4O4. The predicted octanol–water partition coefficient (Wildman–Crippen LogP) is 2.38. The number of aromatic nitrogens is 3. The molecule has 3 N–H and O–H groups in total. The summed E-state index contributed by atoms with van der Waals surface area (Å²) in [6.45, 7) is 1.32. The number of aliphatic carboxylic acids is 1. The molecule has 140 valence electrons. The fourth-order valence-electron chi connectivity index (χ4n) is 3.31. The lowest BCUT2D eigenvalue weighted by atomic mass is 9.95. The summed E-state index contributed by atoms with van der Waals surface area (Å²) in [7, 11) is 0. The second kappa shape index (κ2) is 6.66. The Bertz CT molecular complexity index is 1230. The van der Waals surface area contributed by atoms with Crippen molar-refractivity contribution in [1.82, 2.24) is 19.9 Å². The molecule has 0 aliphatic heterocycles. The third kappa shape index (κ3) is 2.81. The van der Waals surface area contributed by atoms with Crippen molar-refractivity contribution < 1.29 is 19.8 Å². The maximum Gasteiger partial charge on any atom is 0.322 e. The van der Waals surface area contributed by atoms with Gasteiger partial charge in [0.2, 0.25) is 0 Å². The van der Waals surface area contributed by atoms with Gasteiger partial charge < -0.3 is 15.5 Å². The van der Waals surface area contributed by atoms with Gasteiger partial charge >= 0.3 is 5.97 Å². The van der Waals surface area contributed by atoms with Crippen LogP contribution in [-0.4, -0.2) is 43.2 Å². The first-order valence-corrected chi connectivity index (χ1v) is 8.52. The Morgan fingerprint density at radius 3 is 2.64 bits per heavy atom. The first kappa shape index (κ1) is 17.5. The molecule has 4 rings (SSSR count). The summed E-state index contributed by atoms with van der Waals surface area (Å²) in [5.74, 6) is -2.22. The van der Waals surface area contributed by atoms with Crippen LogP contribution in [0.2, 0.25) is 0 Å². The number of hydrogen-bond donors (Lipinski definition) is 3. The van der Waals surface area contributed by atoms with Crippen LogP contribution in [0, 0.1) is 6.92 Å². The number of carboxylic acid groups (broad SMARTS) is 1. The van der Waals surface area contributed by atoms with Gasteiger partial charge in [0.05, 0.1) is 0 Å². The molecule has 4 aromatic rings. The fourth-order valence-corrected chi connectivity index (χ4v) is 3.31. The summed E-state index contributed by atoms with van der Waals surface area (Å²) in [5.41, 5.74) is 2.91. The summed E-state index contributed by atoms with van der Waals surface area (Å²) >= 11 is 0. The van der Waals surface area contributed by atoms with E-state index < -0.39 is 18.4 Å². The smallest absolute Gasteiger partial charge is 0.322 e. The van der Waals surface area contributed by atoms with Crippen LogP contribution < -0.4 is 5.32 Å². The molecule has 1 amide bonds. The minimum absolute atomic E-state index is 0.161. The van der Waals surface area contributed by atoms with Crippen molar-refractivity contribution in [1.29, 1.82) is 0 Å². The van der Waals surface area contributed by atoms with Crippen LogP contribution in [0.25, 0.3) is 27.5 Å². The molecule has 0 bridgehead atoms. The molecule has 0 saturated carbocycles. The van der Waals surface area contributed by atoms with Gasteiger partial charge in [-0.2, -0.15) is 5.10 Å². The molecule has 0 radical (unpaired) electrons. The number of carbonyl (C=O) groups excluding carboxylic acids is 1. The first-order chi connectivity index (χ1) is 13.5. The number of nitrogens with one attached hydrogen (secondary N) is 1. The normalized spacial score (nSPS) is 11.0. The predicted molar refractivity (Wildman–Crippen MR) is 102 cm³/mol. The van der Waals surface area contributed by atoms with Crippen molar-refractivity contribution in [3.05, 3.63) is 60.0 Å². The van der Waals surface area contributed by atoms with Crippen LogP contribution in [0.5, 0.6) is 5.75 Å². The molecule has 2 aromatic heterocycles. The van der Waals surface area contributed by atoms with E-state index in [9.17, 15) is 14.7 Å². The van der Waals surface area contributed by atoms with Crippen LogP contribution in [-0.2, 0) is 4.79 Å². The van der Waals surface area contributed by atoms with E-state index in [0.29, 0.717) is 16.4 Å². The van der Waals surface area contributed by atoms with Gasteiger partial charge in [-0.15, -0.1) is 0 Å². The highest BCUT2D eigenvalue weighted by Gasteiger charge is 2.24. The lowest BCUT2D eigenvalue weighted by molar-refractivity contribution is -0.135. The lowest BCUT2D eigenvalue weighted by Crippen LogP contribution is -2.31. The van der Waals surface area contributed by atoms with Crippen molar-refractivity contribution in [3.8, 4) is 16.9 Å². The van der Waals surface area contributed by atoms with Gasteiger partial charge in [0.15, 0.2) is 17.1 Å². The summed E-state index contributed by atoms with van der Waals surface area (Å²) in [4.78, 5) is 27.6. The molecule has 0 unspecified atom stereocenters. The van der Waals surface area contributed by atoms with Crippen molar-refractivity contribution >= 4 is 28.3 Å². The molecule has 28 heavy (non-hydrogen) atoms. The fraction of sp³-hybridized carbons (Fsp3) is 0.100. The SMILES string of the molecule is Cc1cc(-c2ccccc2)c2c(c1)c(O)c(C(=O)NCC(=O)O)n1ncnc21. The van der Waals surface area contributed by atoms with E-state index >= 15 is 0 Å². The summed E-state index contributed by atoms with van der Waals surface area (Å²) < 4.78 is 1.23. The second-order valence-electron chi connectivity index (χ2n) is 6.37. The molecule has 8 heteroatoms. The Hall–Kier alpha value is -3.94. The van der Waals surface area contributed by atoms with Crippen LogP contribution in [0.3, 0.4) is 0 Å². The van der Waals surface area contributed by atoms with E-state index in [4.69, 9.17) is 5.11 Å². The third-order valence-corrected chi connectivity index (χ3v) is 4.45. The zero-order chi connectivity index (χ0) is 19.8. The number of rotatable bonds is 4. The largest absolute Gasteiger partial charge is 0.505 e. The number of carboxylic acids is 1. The highest BCUT2D eigenvalue weighted by molar-refractivity contribution is 6.12. The number of hydrogen-bond acceptors (Lipinski definition) is 5. The van der Waals surface area contributed by atoms with Crippen LogP contribution in [0.4, 0.5) is 0 Å². The molecule has 0 fully saturated rings. The second-order valence-corrected chi connectivity index (χ2v) is 6.37. The minimum Gasteiger partial charge on any atom is -0.505 e. The summed E-state index contributed by atoms with van der Waals surface area (Å²) in [5, 5.41) is 27.1. The van der Waals surface area contributed by atoms with Gasteiger partial charge in [-0.05, 0) is 29.7 Å². The summed E-state index contributed by atoms with van der Waals surface area (Å²) in [6.07, 6.45) is 1.29. The quantitative estimate of drug-likeness (QED) is 0.503. The maximum absolute atomic E-state index is 12.5. The maximum atomic E-state index is 12.5. The van der Waals surface area contributed by atoms with E-state index in [1.807, 2.05) is 43.3 Å². The minimum atomic E-state index is -1.19. The molecule has 8 nitrogen and oxygen atoms in total. The lowest BCUT2D eigenvalue weighted by Gasteiger charge is -2.14. The number of carbonyl (C=O) groups is 2. The molecule has 2 heterocycles. The van der Waals surface area contributed by atoms with Gasteiger partial charge in [-0.25, -0.2) is 9.50 Å². The van der Waals surface area contributed by atoms with E-state index in [2.05, 4.69) is 15.4 Å². The summed E-state index contributed by atoms with van der Waals surface area (Å²) in [6, 6.07) is 13.4. The molecule has 0 saturated heterocycles. The van der Waals surface area contributed by atoms with E-state index in [1.165, 1.54) is 10.8 Å². The van der Waals surface area contributed by atoms with Crippen molar-refractivity contribution in [2.75, 3.05) is 6.54 Å². The Morgan fingerprint density at radius 1 is 1.18 bits per heavy atom. The highest BCUT2D eigenvalue weighted by atomic mass is 16.4. The standard InChI is InChI=1S/C20H16N4O4/c1-11-7-13(12-5-3-2-4-6-12)16-14(8-11)18(27)17(20(28)21-9-15(25)26)24-19(16)22-10-23-24/h2-8,10,27H,9H2,1H3,(H,21,28)(H,25,26). The number of fused-ring (bicyclic) bond motifs is 3. The molecule has 0 atom stereocenters. The van der Waals surface area contributed by atoms with Gasteiger partial charge in [0.1, 0.15) is 12.9 Å². The average Bonchev–Trinajstić information content (AvgIpc) is 3.15. The Labute approximate surface area is 159 Å². The number of pyridine rings is 1. The number of benzene rings is 2. The van der Waals surface area contributed by atoms with Crippen molar-refractivity contribution in [2.24, 2.45) is 0 Å². The Morgan fingerprint density at radius 2 is 1.93 bits per heavy atom. The Kier molecular flexibility index (Phi) is 4.15. The monoisotopic (exact) mass is 376 g/mol. The third-order valence-electron chi connectivity index (χ3n) is 4.45. The number of amides is 1. The Balaban J connectivity index is 2.05. The van der Waals surface area contributed by atoms with Gasteiger partial charge in [-0.1, -0.05) is 36.4 Å². The van der Waals surface area contributed by atoms with Crippen LogP contribution in [0.1, 0.15) is 16.1 Å². The van der Waals surface area contributed by atoms with E-state index in [0.717, 1.165) is 16.7 Å². The number of aryl methyl sites for hydroxylation is 1. The van der Waals surface area contributed by atoms with Crippen molar-refractivity contribution in [3.63, 3.8) is 0 Å². The van der Waals surface area contributed by atoms with Gasteiger partial charge in [-0.3, -0.25) is 9.59 Å². The molecular weight excluding hydrogens is 360 g/mol. The molecule has 0 aliphatic rings. The van der Waals surface area contributed by atoms with Gasteiger partial charge in [0.25, 0.3) is 5.91 Å². The van der Waals surface area contributed by atoms with Crippen LogP contribution >= 0.6 is 0 Å². The average molecular weight is 376 g/mol. The first-order valence-electron chi connectivity index (χ1n) is 8.52. The molecule has 0 spiro atoms. The van der Waals surface area contributed by atoms with E-state index in [-0.39, 0.29) is 11.4 Å². The molecule has 2 aromatic carbocycles. The zero-order valence-corrected chi connectivity index (χ0v) is 14.9. The topological polar surface area (TPSA) is 117 Å². The van der Waals surface area contributed by atoms with E-state index in [1.54, 1.807) is 6.07 Å². The molecule has 0 aliphatic carbocycles. The van der Waals surface area contributed by atoms with Crippen molar-refractivity contribution in [2.45, 2.75) is 6.92 Å². The number of aromatic hydroxyl groups is 1. The zero-order valence-electron chi connectivity index (χ0n) is 14.9. The number of nitrogens with zero attached hydrogens (tertiary/aromatic N) is 3. The van der Waals surface area contributed by atoms with Gasteiger partial charge in [0, 0.05) is 10.8 Å².